The van der Waals surface area contributed by atoms with Crippen LogP contribution in [0.1, 0.15) is 70.3 Å². The van der Waals surface area contributed by atoms with Crippen LogP contribution in [0.4, 0.5) is 11.5 Å². The van der Waals surface area contributed by atoms with Crippen LogP contribution < -0.4 is 21.1 Å². The predicted molar refractivity (Wildman–Crippen MR) is 198 cm³/mol. The van der Waals surface area contributed by atoms with E-state index in [1.165, 1.54) is 50.9 Å². The van der Waals surface area contributed by atoms with Crippen LogP contribution in [0, 0.1) is 23.2 Å². The lowest BCUT2D eigenvalue weighted by atomic mass is 9.49. The fourth-order valence-corrected chi connectivity index (χ4v) is 9.94. The lowest BCUT2D eigenvalue weighted by Crippen LogP contribution is -2.48. The van der Waals surface area contributed by atoms with Crippen molar-refractivity contribution in [3.05, 3.63) is 67.5 Å². The average Bonchev–Trinajstić information content (AvgIpc) is 3.52. The number of nitrogens with two attached hydrogens (primary N) is 1. The van der Waals surface area contributed by atoms with E-state index in [2.05, 4.69) is 32.1 Å². The van der Waals surface area contributed by atoms with Crippen molar-refractivity contribution >= 4 is 34.4 Å². The van der Waals surface area contributed by atoms with Gasteiger partial charge in [0.2, 0.25) is 11.8 Å². The number of fused-ring (bicyclic) bond motifs is 1. The minimum atomic E-state index is -0.352. The molecule has 4 N–H and O–H groups in total. The molecule has 2 aromatic heterocycles. The standard InChI is InChI=1S/C40H48N8O3/c1-2-34(49)45-32-20-29(9-10-33(32)51-31-7-4-3-5-8-31)37-36-38(41)43-25-44-39(36)48(46-37)30-11-15-47(16-12-30)14-6-13-42-35(50)24-40-21-26-17-27(22-40)19-28(18-26)23-40/h2-5,7-10,20,25-28,30H,1,6,11-19,21-24H2,(H,42,50)(H,45,49)(H2,41,43,44). The van der Waals surface area contributed by atoms with E-state index in [9.17, 15) is 9.59 Å². The highest BCUT2D eigenvalue weighted by atomic mass is 16.5. The highest BCUT2D eigenvalue weighted by molar-refractivity contribution is 6.02. The minimum absolute atomic E-state index is 0.146. The van der Waals surface area contributed by atoms with Crippen LogP contribution in [0.15, 0.2) is 67.5 Å². The van der Waals surface area contributed by atoms with E-state index in [0.717, 1.165) is 75.2 Å². The number of rotatable bonds is 12. The number of nitrogens with zero attached hydrogens (tertiary/aromatic N) is 5. The van der Waals surface area contributed by atoms with Gasteiger partial charge in [0.1, 0.15) is 23.6 Å². The molecular formula is C40H48N8O3. The quantitative estimate of drug-likeness (QED) is 0.110. The van der Waals surface area contributed by atoms with Crippen LogP contribution in [0.3, 0.4) is 0 Å². The lowest BCUT2D eigenvalue weighted by molar-refractivity contribution is -0.129. The first-order valence-electron chi connectivity index (χ1n) is 18.6. The van der Waals surface area contributed by atoms with Crippen LogP contribution in [0.5, 0.6) is 11.5 Å². The van der Waals surface area contributed by atoms with E-state index >= 15 is 0 Å². The molecule has 0 unspecified atom stereocenters. The molecule has 0 radical (unpaired) electrons. The zero-order valence-corrected chi connectivity index (χ0v) is 29.2. The maximum absolute atomic E-state index is 13.0. The summed E-state index contributed by atoms with van der Waals surface area (Å²) in [5.41, 5.74) is 9.32. The Hall–Kier alpha value is -4.77. The monoisotopic (exact) mass is 688 g/mol. The van der Waals surface area contributed by atoms with E-state index in [-0.39, 0.29) is 23.3 Å². The molecule has 266 valence electrons. The number of nitrogen functional groups attached to an aromatic ring is 1. The Labute approximate surface area is 299 Å². The zero-order valence-electron chi connectivity index (χ0n) is 29.2. The number of carbonyl (C=O) groups is 2. The molecule has 0 spiro atoms. The van der Waals surface area contributed by atoms with E-state index in [1.807, 2.05) is 53.2 Å². The SMILES string of the molecule is C=CC(=O)Nc1cc(-c2nn(C3CCN(CCCNC(=O)CC45CC6CC(CC(C6)C4)C5)CC3)c3ncnc(N)c23)ccc1Oc1ccccc1. The second-order valence-corrected chi connectivity index (χ2v) is 15.4. The molecule has 1 saturated heterocycles. The molecular weight excluding hydrogens is 640 g/mol. The Balaban J connectivity index is 0.907. The number of benzene rings is 2. The summed E-state index contributed by atoms with van der Waals surface area (Å²) in [6.45, 7) is 7.17. The first-order chi connectivity index (χ1) is 24.8. The van der Waals surface area contributed by atoms with Gasteiger partial charge >= 0.3 is 0 Å². The molecule has 4 aromatic rings. The molecule has 1 aliphatic heterocycles. The fourth-order valence-electron chi connectivity index (χ4n) is 9.94. The van der Waals surface area contributed by atoms with Crippen molar-refractivity contribution in [3.8, 4) is 22.8 Å². The molecule has 4 bridgehead atoms. The number of para-hydroxylation sites is 1. The first-order valence-corrected chi connectivity index (χ1v) is 18.6. The molecule has 4 aliphatic carbocycles. The number of nitrogens with one attached hydrogen (secondary N) is 2. The van der Waals surface area contributed by atoms with Crippen LogP contribution in [-0.2, 0) is 9.59 Å². The van der Waals surface area contributed by atoms with E-state index < -0.39 is 0 Å². The number of ether oxygens (including phenoxy) is 1. The van der Waals surface area contributed by atoms with E-state index in [1.54, 1.807) is 0 Å². The zero-order chi connectivity index (χ0) is 35.0. The van der Waals surface area contributed by atoms with Gasteiger partial charge in [0.25, 0.3) is 0 Å². The maximum atomic E-state index is 13.0. The van der Waals surface area contributed by atoms with Gasteiger partial charge in [-0.05, 0) is 124 Å². The third kappa shape index (κ3) is 7.08. The molecule has 9 rings (SSSR count). The molecule has 0 atom stereocenters. The summed E-state index contributed by atoms with van der Waals surface area (Å²) in [6.07, 6.45) is 14.3. The molecule has 51 heavy (non-hydrogen) atoms. The lowest BCUT2D eigenvalue weighted by Gasteiger charge is -2.56. The fraction of sp³-hybridized carbons (Fsp3) is 0.475. The summed E-state index contributed by atoms with van der Waals surface area (Å²) in [5, 5.41) is 11.9. The van der Waals surface area contributed by atoms with Gasteiger partial charge in [-0.1, -0.05) is 24.8 Å². The molecule has 2 amide bonds. The second-order valence-electron chi connectivity index (χ2n) is 15.4. The Bertz CT molecular complexity index is 1880. The number of carbonyl (C=O) groups excluding carboxylic acids is 2. The van der Waals surface area contributed by atoms with Crippen molar-refractivity contribution in [1.29, 1.82) is 0 Å². The summed E-state index contributed by atoms with van der Waals surface area (Å²) in [7, 11) is 0. The Morgan fingerprint density at radius 1 is 1.00 bits per heavy atom. The number of hydrogen-bond donors (Lipinski definition) is 3. The summed E-state index contributed by atoms with van der Waals surface area (Å²) < 4.78 is 8.12. The average molecular weight is 689 g/mol. The predicted octanol–water partition coefficient (Wildman–Crippen LogP) is 6.74. The number of hydrogen-bond acceptors (Lipinski definition) is 8. The van der Waals surface area contributed by atoms with E-state index in [0.29, 0.717) is 39.7 Å². The smallest absolute Gasteiger partial charge is 0.247 e. The number of aromatic nitrogens is 4. The number of anilines is 2. The van der Waals surface area contributed by atoms with Crippen LogP contribution in [0.25, 0.3) is 22.3 Å². The van der Waals surface area contributed by atoms with Gasteiger partial charge in [-0.25, -0.2) is 14.6 Å². The molecule has 3 heterocycles. The Morgan fingerprint density at radius 2 is 1.73 bits per heavy atom. The highest BCUT2D eigenvalue weighted by Crippen LogP contribution is 2.61. The Morgan fingerprint density at radius 3 is 2.43 bits per heavy atom. The molecule has 11 nitrogen and oxygen atoms in total. The normalized spacial score (nSPS) is 24.4. The third-order valence-corrected chi connectivity index (χ3v) is 11.8. The molecule has 5 aliphatic rings. The van der Waals surface area contributed by atoms with Crippen LogP contribution in [-0.4, -0.2) is 62.6 Å². The van der Waals surface area contributed by atoms with Crippen molar-refractivity contribution in [2.24, 2.45) is 23.2 Å². The van der Waals surface area contributed by atoms with E-state index in [4.69, 9.17) is 15.6 Å². The molecule has 4 saturated carbocycles. The topological polar surface area (TPSA) is 140 Å². The van der Waals surface area contributed by atoms with Crippen molar-refractivity contribution in [2.75, 3.05) is 37.2 Å². The highest BCUT2D eigenvalue weighted by Gasteiger charge is 2.51. The summed E-state index contributed by atoms with van der Waals surface area (Å²) in [6, 6.07) is 15.1. The van der Waals surface area contributed by atoms with Gasteiger partial charge in [0.15, 0.2) is 11.4 Å². The number of likely N-dealkylation sites (tertiary alicyclic amines) is 1. The maximum Gasteiger partial charge on any atom is 0.247 e. The van der Waals surface area contributed by atoms with Gasteiger partial charge in [-0.2, -0.15) is 5.10 Å². The summed E-state index contributed by atoms with van der Waals surface area (Å²) >= 11 is 0. The number of amides is 2. The van der Waals surface area contributed by atoms with Crippen LogP contribution >= 0.6 is 0 Å². The van der Waals surface area contributed by atoms with Gasteiger partial charge < -0.3 is 26.0 Å². The van der Waals surface area contributed by atoms with Crippen molar-refractivity contribution in [2.45, 2.75) is 70.3 Å². The van der Waals surface area contributed by atoms with Gasteiger partial charge in [-0.3, -0.25) is 9.59 Å². The largest absolute Gasteiger partial charge is 0.455 e. The first kappa shape index (κ1) is 33.4. The van der Waals surface area contributed by atoms with Gasteiger partial charge in [0.05, 0.1) is 17.1 Å². The minimum Gasteiger partial charge on any atom is -0.455 e. The van der Waals surface area contributed by atoms with Crippen molar-refractivity contribution in [1.82, 2.24) is 30.0 Å². The number of piperidine rings is 1. The molecule has 5 fully saturated rings. The molecule has 2 aromatic carbocycles. The van der Waals surface area contributed by atoms with Gasteiger partial charge in [-0.15, -0.1) is 0 Å². The van der Waals surface area contributed by atoms with Gasteiger partial charge in [0, 0.05) is 31.6 Å². The summed E-state index contributed by atoms with van der Waals surface area (Å²) in [4.78, 5) is 36.8. The molecule has 11 heteroatoms. The summed E-state index contributed by atoms with van der Waals surface area (Å²) in [5.74, 6) is 4.02. The Kier molecular flexibility index (Phi) is 9.23. The van der Waals surface area contributed by atoms with Crippen molar-refractivity contribution in [3.63, 3.8) is 0 Å². The van der Waals surface area contributed by atoms with Crippen molar-refractivity contribution < 1.29 is 14.3 Å². The van der Waals surface area contributed by atoms with Crippen LogP contribution in [0.2, 0.25) is 0 Å². The second kappa shape index (κ2) is 14.1. The third-order valence-electron chi connectivity index (χ3n) is 11.8.